The molecule has 1 N–H and O–H groups in total. The van der Waals surface area contributed by atoms with Gasteiger partial charge in [0, 0.05) is 32.6 Å². The van der Waals surface area contributed by atoms with Crippen LogP contribution in [0.2, 0.25) is 19.1 Å². The molecule has 2 aromatic heterocycles. The van der Waals surface area contributed by atoms with Crippen molar-refractivity contribution < 1.29 is 14.6 Å². The van der Waals surface area contributed by atoms with Gasteiger partial charge in [-0.3, -0.25) is 4.68 Å². The zero-order chi connectivity index (χ0) is 21.6. The third-order valence-electron chi connectivity index (χ3n) is 4.99. The first kappa shape index (κ1) is 21.3. The summed E-state index contributed by atoms with van der Waals surface area (Å²) in [5.41, 5.74) is 3.05. The maximum atomic E-state index is 9.13. The van der Waals surface area contributed by atoms with Gasteiger partial charge in [0.2, 0.25) is 0 Å². The van der Waals surface area contributed by atoms with Gasteiger partial charge in [0.05, 0.1) is 30.6 Å². The lowest BCUT2D eigenvalue weighted by Gasteiger charge is -2.10. The van der Waals surface area contributed by atoms with Gasteiger partial charge in [-0.25, -0.2) is 4.68 Å². The molecule has 0 saturated carbocycles. The maximum Gasteiger partial charge on any atom is 0.139 e. The summed E-state index contributed by atoms with van der Waals surface area (Å²) in [5, 5.41) is 18.8. The van der Waals surface area contributed by atoms with Crippen LogP contribution >= 0.6 is 0 Å². The zero-order valence-corrected chi connectivity index (χ0v) is 18.9. The van der Waals surface area contributed by atoms with Crippen molar-refractivity contribution in [3.8, 4) is 22.8 Å². The summed E-state index contributed by atoms with van der Waals surface area (Å²) >= 11 is 0. The second-order valence-corrected chi connectivity index (χ2v) is 10.6. The van der Waals surface area contributed by atoms with Gasteiger partial charge < -0.3 is 14.6 Å². The second-order valence-electron chi connectivity index (χ2n) is 7.65. The molecule has 8 heteroatoms. The molecule has 161 valence electrons. The van der Waals surface area contributed by atoms with Crippen LogP contribution in [-0.2, 0) is 18.0 Å². The number of aliphatic hydroxyl groups is 1. The molecule has 1 radical (unpaired) electrons. The summed E-state index contributed by atoms with van der Waals surface area (Å²) in [5.74, 6) is 1.50. The van der Waals surface area contributed by atoms with Crippen LogP contribution in [0.3, 0.4) is 0 Å². The molecule has 4 rings (SSSR count). The number of ether oxygens (including phenoxy) is 2. The van der Waals surface area contributed by atoms with Gasteiger partial charge in [0.1, 0.15) is 18.2 Å². The Labute approximate surface area is 183 Å². The predicted octanol–water partition coefficient (Wildman–Crippen LogP) is 4.41. The molecule has 0 aliphatic rings. The van der Waals surface area contributed by atoms with E-state index in [0.29, 0.717) is 13.3 Å². The Morgan fingerprint density at radius 3 is 2.55 bits per heavy atom. The molecule has 4 aromatic rings. The van der Waals surface area contributed by atoms with Crippen LogP contribution in [0.4, 0.5) is 0 Å². The van der Waals surface area contributed by atoms with E-state index in [1.807, 2.05) is 53.2 Å². The van der Waals surface area contributed by atoms with Crippen molar-refractivity contribution in [3.63, 3.8) is 0 Å². The topological polar surface area (TPSA) is 74.3 Å². The van der Waals surface area contributed by atoms with Crippen molar-refractivity contribution in [2.24, 2.45) is 0 Å². The molecule has 0 aliphatic heterocycles. The number of fused-ring (bicyclic) bond motifs is 1. The first-order chi connectivity index (χ1) is 15.1. The van der Waals surface area contributed by atoms with E-state index in [4.69, 9.17) is 14.6 Å². The number of hydrogen-bond acceptors (Lipinski definition) is 5. The van der Waals surface area contributed by atoms with Crippen molar-refractivity contribution in [2.75, 3.05) is 13.2 Å². The minimum absolute atomic E-state index is 0.0610. The van der Waals surface area contributed by atoms with Gasteiger partial charge in [0.15, 0.2) is 0 Å². The second kappa shape index (κ2) is 9.91. The van der Waals surface area contributed by atoms with Crippen LogP contribution in [0.5, 0.6) is 11.5 Å². The number of nitrogens with zero attached hydrogens (tertiary/aromatic N) is 4. The molecule has 2 aromatic carbocycles. The molecule has 0 fully saturated rings. The van der Waals surface area contributed by atoms with Gasteiger partial charge in [-0.15, -0.1) is 0 Å². The van der Waals surface area contributed by atoms with Crippen LogP contribution in [0.25, 0.3) is 22.2 Å². The van der Waals surface area contributed by atoms with Crippen molar-refractivity contribution in [2.45, 2.75) is 32.4 Å². The molecule has 0 aliphatic carbocycles. The molecule has 0 bridgehead atoms. The van der Waals surface area contributed by atoms with E-state index >= 15 is 0 Å². The Balaban J connectivity index is 1.42. The fraction of sp³-hybridized carbons (Fsp3) is 0.304. The summed E-state index contributed by atoms with van der Waals surface area (Å²) in [6.45, 7) is 6.35. The third kappa shape index (κ3) is 5.22. The predicted molar refractivity (Wildman–Crippen MR) is 123 cm³/mol. The van der Waals surface area contributed by atoms with Crippen molar-refractivity contribution in [3.05, 3.63) is 60.9 Å². The Morgan fingerprint density at radius 1 is 0.968 bits per heavy atom. The van der Waals surface area contributed by atoms with Crippen LogP contribution in [0.1, 0.15) is 0 Å². The van der Waals surface area contributed by atoms with Crippen molar-refractivity contribution >= 4 is 19.7 Å². The maximum absolute atomic E-state index is 9.13. The summed E-state index contributed by atoms with van der Waals surface area (Å²) in [6.07, 6.45) is 3.58. The molecule has 2 heterocycles. The minimum atomic E-state index is -0.264. The fourth-order valence-corrected chi connectivity index (χ4v) is 3.89. The lowest BCUT2D eigenvalue weighted by atomic mass is 10.1. The standard InChI is InChI=1S/C23H27N4O3Si/c1-31(2)14-13-29-17-27-23(9-10-24-27)18-3-5-20(6-4-18)30-21-7-8-22-19(15-21)16-25-26(22)11-12-28/h3-10,15-16,28H,11-14,17H2,1-2H3. The Kier molecular flexibility index (Phi) is 6.81. The molecule has 7 nitrogen and oxygen atoms in total. The van der Waals surface area contributed by atoms with E-state index in [0.717, 1.165) is 46.3 Å². The smallest absolute Gasteiger partial charge is 0.139 e. The highest BCUT2D eigenvalue weighted by Crippen LogP contribution is 2.28. The van der Waals surface area contributed by atoms with Crippen LogP contribution in [0, 0.1) is 0 Å². The first-order valence-electron chi connectivity index (χ1n) is 10.4. The number of rotatable bonds is 10. The van der Waals surface area contributed by atoms with E-state index in [9.17, 15) is 0 Å². The summed E-state index contributed by atoms with van der Waals surface area (Å²) in [4.78, 5) is 0. The minimum Gasteiger partial charge on any atom is -0.457 e. The van der Waals surface area contributed by atoms with E-state index < -0.39 is 0 Å². The Hall–Kier alpha value is -2.94. The highest BCUT2D eigenvalue weighted by atomic mass is 28.3. The van der Waals surface area contributed by atoms with Gasteiger partial charge >= 0.3 is 0 Å². The average molecular weight is 436 g/mol. The van der Waals surface area contributed by atoms with Crippen molar-refractivity contribution in [1.82, 2.24) is 19.6 Å². The highest BCUT2D eigenvalue weighted by molar-refractivity contribution is 6.55. The van der Waals surface area contributed by atoms with E-state index in [-0.39, 0.29) is 15.4 Å². The molecule has 0 saturated heterocycles. The normalized spacial score (nSPS) is 11.5. The van der Waals surface area contributed by atoms with Crippen LogP contribution < -0.4 is 4.74 Å². The number of benzene rings is 2. The molecular formula is C23H27N4O3Si. The highest BCUT2D eigenvalue weighted by Gasteiger charge is 2.08. The molecule has 31 heavy (non-hydrogen) atoms. The average Bonchev–Trinajstić information content (AvgIpc) is 3.39. The van der Waals surface area contributed by atoms with Gasteiger partial charge in [-0.1, -0.05) is 13.1 Å². The molecule has 0 unspecified atom stereocenters. The monoisotopic (exact) mass is 435 g/mol. The van der Waals surface area contributed by atoms with Gasteiger partial charge in [-0.05, 0) is 54.6 Å². The molecule has 0 amide bonds. The van der Waals surface area contributed by atoms with Crippen molar-refractivity contribution in [1.29, 1.82) is 0 Å². The fourth-order valence-electron chi connectivity index (χ4n) is 3.34. The molecule has 0 spiro atoms. The molecular weight excluding hydrogens is 408 g/mol. The van der Waals surface area contributed by atoms with Gasteiger partial charge in [-0.2, -0.15) is 10.2 Å². The summed E-state index contributed by atoms with van der Waals surface area (Å²) in [6, 6.07) is 16.9. The number of hydrogen-bond donors (Lipinski definition) is 1. The summed E-state index contributed by atoms with van der Waals surface area (Å²) < 4.78 is 15.5. The first-order valence-corrected chi connectivity index (χ1v) is 13.1. The summed E-state index contributed by atoms with van der Waals surface area (Å²) in [7, 11) is -0.264. The van der Waals surface area contributed by atoms with E-state index in [1.54, 1.807) is 17.1 Å². The van der Waals surface area contributed by atoms with Crippen LogP contribution in [0.15, 0.2) is 60.9 Å². The van der Waals surface area contributed by atoms with E-state index in [1.165, 1.54) is 0 Å². The number of aliphatic hydroxyl groups excluding tert-OH is 1. The molecule has 0 atom stereocenters. The largest absolute Gasteiger partial charge is 0.457 e. The number of aromatic nitrogens is 4. The SMILES string of the molecule is C[Si](C)CCOCn1nccc1-c1ccc(Oc2ccc3c(cnn3CCO)c2)cc1. The Morgan fingerprint density at radius 2 is 1.77 bits per heavy atom. The van der Waals surface area contributed by atoms with Gasteiger partial charge in [0.25, 0.3) is 0 Å². The van der Waals surface area contributed by atoms with E-state index in [2.05, 4.69) is 23.3 Å². The third-order valence-corrected chi connectivity index (χ3v) is 6.19. The lowest BCUT2D eigenvalue weighted by molar-refractivity contribution is 0.0801. The van der Waals surface area contributed by atoms with Crippen LogP contribution in [-0.4, -0.2) is 46.7 Å². The quantitative estimate of drug-likeness (QED) is 0.295. The zero-order valence-electron chi connectivity index (χ0n) is 17.9. The Bertz CT molecular complexity index is 1120. The lowest BCUT2D eigenvalue weighted by Crippen LogP contribution is -2.10.